The summed E-state index contributed by atoms with van der Waals surface area (Å²) in [6.45, 7) is 2.14. The van der Waals surface area contributed by atoms with Gasteiger partial charge >= 0.3 is 0 Å². The number of carbonyl (C=O) groups is 1. The minimum atomic E-state index is -0.692. The Morgan fingerprint density at radius 3 is 2.73 bits per heavy atom. The van der Waals surface area contributed by atoms with Crippen molar-refractivity contribution in [1.82, 2.24) is 10.6 Å². The highest BCUT2D eigenvalue weighted by atomic mass is 19.1. The van der Waals surface area contributed by atoms with Crippen LogP contribution in [0.25, 0.3) is 6.08 Å². The summed E-state index contributed by atoms with van der Waals surface area (Å²) in [5.74, 6) is -1.77. The predicted octanol–water partition coefficient (Wildman–Crippen LogP) is 1.62. The Morgan fingerprint density at radius 1 is 1.41 bits per heavy atom. The molecule has 1 atom stereocenters. The number of hydrogen-bond donors (Lipinski definition) is 2. The highest BCUT2D eigenvalue weighted by Gasteiger charge is 2.44. The predicted molar refractivity (Wildman–Crippen MR) is 78.1 cm³/mol. The summed E-state index contributed by atoms with van der Waals surface area (Å²) in [5, 5.41) is 5.89. The second kappa shape index (κ2) is 6.14. The molecule has 1 aromatic carbocycles. The van der Waals surface area contributed by atoms with Gasteiger partial charge in [0.25, 0.3) is 0 Å². The van der Waals surface area contributed by atoms with Crippen LogP contribution in [0.15, 0.2) is 24.3 Å². The molecule has 0 radical (unpaired) electrons. The zero-order valence-corrected chi connectivity index (χ0v) is 12.1. The third-order valence-electron chi connectivity index (χ3n) is 4.14. The fraction of sp³-hybridized carbons (Fsp3) is 0.438. The Balaban J connectivity index is 1.49. The van der Waals surface area contributed by atoms with E-state index in [1.165, 1.54) is 6.07 Å². The van der Waals surface area contributed by atoms with Gasteiger partial charge in [0.1, 0.15) is 11.6 Å². The van der Waals surface area contributed by atoms with Crippen molar-refractivity contribution in [1.29, 1.82) is 0 Å². The number of ether oxygens (including phenoxy) is 1. The van der Waals surface area contributed by atoms with Gasteiger partial charge in [0.05, 0.1) is 11.7 Å². The van der Waals surface area contributed by atoms with Crippen molar-refractivity contribution in [3.8, 4) is 0 Å². The number of halogens is 2. The summed E-state index contributed by atoms with van der Waals surface area (Å²) in [7, 11) is 0. The van der Waals surface area contributed by atoms with Crippen molar-refractivity contribution in [2.45, 2.75) is 24.5 Å². The Bertz CT molecular complexity index is 580. The summed E-state index contributed by atoms with van der Waals surface area (Å²) < 4.78 is 32.7. The molecule has 0 aromatic heterocycles. The lowest BCUT2D eigenvalue weighted by Gasteiger charge is -2.38. The van der Waals surface area contributed by atoms with Crippen LogP contribution < -0.4 is 10.6 Å². The van der Waals surface area contributed by atoms with Crippen molar-refractivity contribution in [2.75, 3.05) is 19.6 Å². The van der Waals surface area contributed by atoms with Crippen LogP contribution in [0.2, 0.25) is 0 Å². The fourth-order valence-electron chi connectivity index (χ4n) is 2.81. The van der Waals surface area contributed by atoms with Crippen LogP contribution in [0, 0.1) is 11.6 Å². The lowest BCUT2D eigenvalue weighted by molar-refractivity contribution is -0.118. The van der Waals surface area contributed by atoms with E-state index in [9.17, 15) is 13.6 Å². The molecule has 6 heteroatoms. The van der Waals surface area contributed by atoms with Gasteiger partial charge in [0, 0.05) is 31.3 Å². The zero-order chi connectivity index (χ0) is 15.6. The van der Waals surface area contributed by atoms with Gasteiger partial charge in [-0.2, -0.15) is 0 Å². The van der Waals surface area contributed by atoms with Crippen molar-refractivity contribution in [2.24, 2.45) is 0 Å². The van der Waals surface area contributed by atoms with Gasteiger partial charge in [-0.25, -0.2) is 8.78 Å². The smallest absolute Gasteiger partial charge is 0.244 e. The molecule has 3 rings (SSSR count). The molecule has 2 saturated heterocycles. The second-order valence-electron chi connectivity index (χ2n) is 5.78. The average Bonchev–Trinajstić information content (AvgIpc) is 2.89. The van der Waals surface area contributed by atoms with Crippen molar-refractivity contribution in [3.05, 3.63) is 41.5 Å². The summed E-state index contributed by atoms with van der Waals surface area (Å²) in [4.78, 5) is 11.7. The summed E-state index contributed by atoms with van der Waals surface area (Å²) in [5.41, 5.74) is -0.254. The van der Waals surface area contributed by atoms with E-state index in [0.29, 0.717) is 6.54 Å². The Hall–Kier alpha value is -1.79. The molecule has 1 spiro atoms. The summed E-state index contributed by atoms with van der Waals surface area (Å²) in [6.07, 6.45) is 4.19. The molecule has 2 N–H and O–H groups in total. The molecule has 2 fully saturated rings. The third-order valence-corrected chi connectivity index (χ3v) is 4.14. The molecule has 1 unspecified atom stereocenters. The molecule has 118 valence electrons. The van der Waals surface area contributed by atoms with Crippen LogP contribution in [0.1, 0.15) is 18.4 Å². The normalized spacial score (nSPS) is 22.9. The number of hydrogen-bond acceptors (Lipinski definition) is 3. The number of amides is 1. The fourth-order valence-corrected chi connectivity index (χ4v) is 2.81. The minimum absolute atomic E-state index is 0.00430. The van der Waals surface area contributed by atoms with Crippen molar-refractivity contribution in [3.63, 3.8) is 0 Å². The first-order valence-electron chi connectivity index (χ1n) is 7.36. The number of nitrogens with one attached hydrogen (secondary N) is 2. The Labute approximate surface area is 127 Å². The molecule has 1 aromatic rings. The zero-order valence-electron chi connectivity index (χ0n) is 12.1. The molecule has 0 bridgehead atoms. The molecule has 1 amide bonds. The van der Waals surface area contributed by atoms with Gasteiger partial charge in [-0.3, -0.25) is 4.79 Å². The van der Waals surface area contributed by atoms with Crippen molar-refractivity contribution >= 4 is 12.0 Å². The van der Waals surface area contributed by atoms with Crippen LogP contribution in [-0.2, 0) is 9.53 Å². The quantitative estimate of drug-likeness (QED) is 0.831. The second-order valence-corrected chi connectivity index (χ2v) is 5.78. The van der Waals surface area contributed by atoms with Crippen molar-refractivity contribution < 1.29 is 18.3 Å². The maximum absolute atomic E-state index is 13.4. The topological polar surface area (TPSA) is 50.4 Å². The molecular formula is C16H18F2N2O2. The summed E-state index contributed by atoms with van der Waals surface area (Å²) in [6, 6.07) is 3.59. The highest BCUT2D eigenvalue weighted by molar-refractivity contribution is 5.91. The molecule has 4 nitrogen and oxygen atoms in total. The van der Waals surface area contributed by atoms with Gasteiger partial charge in [-0.1, -0.05) is 6.07 Å². The van der Waals surface area contributed by atoms with Crippen LogP contribution in [0.3, 0.4) is 0 Å². The van der Waals surface area contributed by atoms with E-state index < -0.39 is 11.6 Å². The van der Waals surface area contributed by atoms with Crippen LogP contribution in [-0.4, -0.2) is 37.2 Å². The van der Waals surface area contributed by atoms with Gasteiger partial charge < -0.3 is 15.4 Å². The van der Waals surface area contributed by atoms with Crippen LogP contribution >= 0.6 is 0 Å². The summed E-state index contributed by atoms with van der Waals surface area (Å²) >= 11 is 0. The first-order chi connectivity index (χ1) is 10.6. The van der Waals surface area contributed by atoms with Gasteiger partial charge in [-0.05, 0) is 31.1 Å². The first-order valence-corrected chi connectivity index (χ1v) is 7.36. The van der Waals surface area contributed by atoms with E-state index in [-0.39, 0.29) is 23.2 Å². The van der Waals surface area contributed by atoms with Gasteiger partial charge in [-0.15, -0.1) is 0 Å². The van der Waals surface area contributed by atoms with E-state index in [1.54, 1.807) is 0 Å². The molecule has 2 aliphatic heterocycles. The van der Waals surface area contributed by atoms with E-state index >= 15 is 0 Å². The molecule has 0 aliphatic carbocycles. The van der Waals surface area contributed by atoms with E-state index in [0.717, 1.165) is 50.2 Å². The van der Waals surface area contributed by atoms with Gasteiger partial charge in [0.2, 0.25) is 5.91 Å². The molecule has 2 heterocycles. The molecule has 0 saturated carbocycles. The minimum Gasteiger partial charge on any atom is -0.367 e. The lowest BCUT2D eigenvalue weighted by atomic mass is 9.93. The SMILES string of the molecule is O=C(/C=C/c1c(F)cccc1F)NCC1CCC2(CNC2)O1. The van der Waals surface area contributed by atoms with E-state index in [1.807, 2.05) is 0 Å². The average molecular weight is 308 g/mol. The number of carbonyl (C=O) groups excluding carboxylic acids is 1. The van der Waals surface area contributed by atoms with Crippen LogP contribution in [0.5, 0.6) is 0 Å². The Kier molecular flexibility index (Phi) is 4.22. The molecule has 22 heavy (non-hydrogen) atoms. The largest absolute Gasteiger partial charge is 0.367 e. The standard InChI is InChI=1S/C16H18F2N2O2/c17-13-2-1-3-14(18)12(13)4-5-15(21)20-8-11-6-7-16(22-11)9-19-10-16/h1-5,11,19H,6-10H2,(H,20,21)/b5-4+. The van der Waals surface area contributed by atoms with Crippen LogP contribution in [0.4, 0.5) is 8.78 Å². The number of rotatable bonds is 4. The lowest BCUT2D eigenvalue weighted by Crippen LogP contribution is -2.59. The first kappa shape index (κ1) is 15.1. The highest BCUT2D eigenvalue weighted by Crippen LogP contribution is 2.33. The molecular weight excluding hydrogens is 290 g/mol. The third kappa shape index (κ3) is 3.18. The van der Waals surface area contributed by atoms with Gasteiger partial charge in [0.15, 0.2) is 0 Å². The molecule has 2 aliphatic rings. The number of benzene rings is 1. The maximum Gasteiger partial charge on any atom is 0.244 e. The monoisotopic (exact) mass is 308 g/mol. The van der Waals surface area contributed by atoms with E-state index in [2.05, 4.69) is 10.6 Å². The van der Waals surface area contributed by atoms with E-state index in [4.69, 9.17) is 4.74 Å². The maximum atomic E-state index is 13.4. The Morgan fingerprint density at radius 2 is 2.14 bits per heavy atom.